The van der Waals surface area contributed by atoms with Crippen molar-refractivity contribution in [3.05, 3.63) is 41.6 Å². The Labute approximate surface area is 134 Å². The molecule has 5 nitrogen and oxygen atoms in total. The maximum Gasteiger partial charge on any atom is 0.423 e. The number of thioether (sulfide) groups is 1. The van der Waals surface area contributed by atoms with Crippen LogP contribution in [0.2, 0.25) is 0 Å². The molecule has 0 unspecified atom stereocenters. The van der Waals surface area contributed by atoms with Gasteiger partial charge in [0, 0.05) is 13.2 Å². The van der Waals surface area contributed by atoms with Gasteiger partial charge < -0.3 is 10.1 Å². The van der Waals surface area contributed by atoms with Gasteiger partial charge in [0.15, 0.2) is 5.16 Å². The molecular formula is C14H12F3N3O2S. The van der Waals surface area contributed by atoms with E-state index in [9.17, 15) is 18.0 Å². The zero-order valence-electron chi connectivity index (χ0n) is 12.1. The van der Waals surface area contributed by atoms with E-state index in [0.29, 0.717) is 6.20 Å². The molecule has 0 atom stereocenters. The lowest BCUT2D eigenvalue weighted by Crippen LogP contribution is -2.18. The summed E-state index contributed by atoms with van der Waals surface area (Å²) in [6.07, 6.45) is -2.38. The van der Waals surface area contributed by atoms with E-state index < -0.39 is 23.5 Å². The van der Waals surface area contributed by atoms with Gasteiger partial charge in [0.1, 0.15) is 11.3 Å². The number of hydrogen-bond acceptors (Lipinski definition) is 5. The van der Waals surface area contributed by atoms with E-state index in [1.807, 2.05) is 0 Å². The Balaban J connectivity index is 2.50. The van der Waals surface area contributed by atoms with Crippen molar-refractivity contribution < 1.29 is 22.7 Å². The lowest BCUT2D eigenvalue weighted by Gasteiger charge is -2.14. The molecule has 0 aliphatic heterocycles. The van der Waals surface area contributed by atoms with E-state index in [1.54, 1.807) is 18.4 Å². The molecule has 0 radical (unpaired) electrons. The molecule has 0 saturated carbocycles. The summed E-state index contributed by atoms with van der Waals surface area (Å²) in [6.45, 7) is 0. The average molecular weight is 343 g/mol. The summed E-state index contributed by atoms with van der Waals surface area (Å²) in [5.41, 5.74) is -1.01. The molecule has 0 aliphatic carbocycles. The van der Waals surface area contributed by atoms with Gasteiger partial charge in [0.25, 0.3) is 5.91 Å². The highest BCUT2D eigenvalue weighted by Gasteiger charge is 2.36. The van der Waals surface area contributed by atoms with Crippen LogP contribution in [0.3, 0.4) is 0 Å². The molecule has 23 heavy (non-hydrogen) atoms. The second-order valence-corrected chi connectivity index (χ2v) is 5.02. The minimum absolute atomic E-state index is 0.0249. The molecule has 0 fully saturated rings. The van der Waals surface area contributed by atoms with Gasteiger partial charge in [-0.3, -0.25) is 4.79 Å². The lowest BCUT2D eigenvalue weighted by atomic mass is 10.2. The van der Waals surface area contributed by atoms with Crippen LogP contribution in [0.4, 0.5) is 13.2 Å². The maximum absolute atomic E-state index is 13.1. The van der Waals surface area contributed by atoms with Crippen molar-refractivity contribution in [3.8, 4) is 11.6 Å². The molecule has 1 N–H and O–H groups in total. The molecule has 1 amide bonds. The van der Waals surface area contributed by atoms with Crippen molar-refractivity contribution in [1.29, 1.82) is 0 Å². The highest BCUT2D eigenvalue weighted by Crippen LogP contribution is 2.37. The Morgan fingerprint density at radius 2 is 2.00 bits per heavy atom. The number of nitrogens with one attached hydrogen (secondary N) is 1. The average Bonchev–Trinajstić information content (AvgIpc) is 2.53. The van der Waals surface area contributed by atoms with Crippen molar-refractivity contribution in [2.45, 2.75) is 11.3 Å². The highest BCUT2D eigenvalue weighted by atomic mass is 32.2. The summed E-state index contributed by atoms with van der Waals surface area (Å²) < 4.78 is 44.5. The van der Waals surface area contributed by atoms with Crippen LogP contribution in [0, 0.1) is 0 Å². The summed E-state index contributed by atoms with van der Waals surface area (Å²) >= 11 is 1.08. The van der Waals surface area contributed by atoms with Crippen molar-refractivity contribution in [2.75, 3.05) is 13.3 Å². The molecule has 2 rings (SSSR count). The molecular weight excluding hydrogens is 331 g/mol. The van der Waals surface area contributed by atoms with Crippen molar-refractivity contribution >= 4 is 17.7 Å². The minimum Gasteiger partial charge on any atom is -0.437 e. The number of benzene rings is 1. The van der Waals surface area contributed by atoms with Gasteiger partial charge in [0.05, 0.1) is 5.56 Å². The van der Waals surface area contributed by atoms with Gasteiger partial charge in [0.2, 0.25) is 5.88 Å². The Kier molecular flexibility index (Phi) is 5.09. The number of nitrogens with zero attached hydrogens (tertiary/aromatic N) is 2. The number of ether oxygens (including phenoxy) is 1. The van der Waals surface area contributed by atoms with Gasteiger partial charge in [-0.1, -0.05) is 23.9 Å². The van der Waals surface area contributed by atoms with Crippen LogP contribution in [0.5, 0.6) is 11.6 Å². The molecule has 1 heterocycles. The van der Waals surface area contributed by atoms with Gasteiger partial charge in [-0.15, -0.1) is 0 Å². The third-order valence-corrected chi connectivity index (χ3v) is 3.35. The fourth-order valence-corrected chi connectivity index (χ4v) is 2.04. The van der Waals surface area contributed by atoms with Crippen LogP contribution in [-0.2, 0) is 6.18 Å². The second kappa shape index (κ2) is 6.86. The fraction of sp³-hybridized carbons (Fsp3) is 0.214. The largest absolute Gasteiger partial charge is 0.437 e. The van der Waals surface area contributed by atoms with E-state index in [1.165, 1.54) is 19.2 Å². The number of carbonyl (C=O) groups excluding carboxylic acids is 1. The number of hydrogen-bond donors (Lipinski definition) is 1. The number of rotatable bonds is 4. The summed E-state index contributed by atoms with van der Waals surface area (Å²) in [5, 5.41) is 2.53. The summed E-state index contributed by atoms with van der Waals surface area (Å²) in [4.78, 5) is 19.1. The zero-order chi connectivity index (χ0) is 17.0. The number of carbonyl (C=O) groups is 1. The van der Waals surface area contributed by atoms with E-state index in [4.69, 9.17) is 4.74 Å². The fourth-order valence-electron chi connectivity index (χ4n) is 1.70. The molecule has 9 heteroatoms. The standard InChI is InChI=1S/C14H12F3N3O2S/c1-18-11(21)8-5-3-4-6-10(8)22-12-9(14(15,16)17)7-19-13(20-12)23-2/h3-7H,1-2H3,(H,18,21). The van der Waals surface area contributed by atoms with Crippen LogP contribution < -0.4 is 10.1 Å². The Morgan fingerprint density at radius 3 is 2.61 bits per heavy atom. The Hall–Kier alpha value is -2.29. The van der Waals surface area contributed by atoms with Gasteiger partial charge in [-0.05, 0) is 18.4 Å². The highest BCUT2D eigenvalue weighted by molar-refractivity contribution is 7.98. The lowest BCUT2D eigenvalue weighted by molar-refractivity contribution is -0.139. The molecule has 2 aromatic rings. The summed E-state index contributed by atoms with van der Waals surface area (Å²) in [6, 6.07) is 5.96. The van der Waals surface area contributed by atoms with Crippen LogP contribution in [0.15, 0.2) is 35.6 Å². The van der Waals surface area contributed by atoms with Crippen LogP contribution >= 0.6 is 11.8 Å². The predicted octanol–water partition coefficient (Wildman–Crippen LogP) is 3.37. The van der Waals surface area contributed by atoms with E-state index in [2.05, 4.69) is 15.3 Å². The molecule has 122 valence electrons. The minimum atomic E-state index is -4.67. The van der Waals surface area contributed by atoms with Crippen molar-refractivity contribution in [3.63, 3.8) is 0 Å². The first-order valence-corrected chi connectivity index (χ1v) is 7.56. The number of halogens is 3. The monoisotopic (exact) mass is 343 g/mol. The molecule has 1 aromatic heterocycles. The topological polar surface area (TPSA) is 64.1 Å². The predicted molar refractivity (Wildman–Crippen MR) is 78.7 cm³/mol. The van der Waals surface area contributed by atoms with Crippen molar-refractivity contribution in [2.24, 2.45) is 0 Å². The molecule has 1 aromatic carbocycles. The smallest absolute Gasteiger partial charge is 0.423 e. The molecule has 0 bridgehead atoms. The normalized spacial score (nSPS) is 11.2. The maximum atomic E-state index is 13.1. The molecule has 0 spiro atoms. The first-order valence-electron chi connectivity index (χ1n) is 6.34. The number of aromatic nitrogens is 2. The van der Waals surface area contributed by atoms with Crippen LogP contribution in [-0.4, -0.2) is 29.2 Å². The number of alkyl halides is 3. The molecule has 0 saturated heterocycles. The van der Waals surface area contributed by atoms with Crippen molar-refractivity contribution in [1.82, 2.24) is 15.3 Å². The third-order valence-electron chi connectivity index (χ3n) is 2.79. The third kappa shape index (κ3) is 3.92. The zero-order valence-corrected chi connectivity index (χ0v) is 13.0. The summed E-state index contributed by atoms with van der Waals surface area (Å²) in [5.74, 6) is -1.15. The van der Waals surface area contributed by atoms with Gasteiger partial charge in [-0.2, -0.15) is 18.2 Å². The second-order valence-electron chi connectivity index (χ2n) is 4.25. The van der Waals surface area contributed by atoms with Gasteiger partial charge >= 0.3 is 6.18 Å². The first kappa shape index (κ1) is 17.1. The van der Waals surface area contributed by atoms with Gasteiger partial charge in [-0.25, -0.2) is 4.98 Å². The van der Waals surface area contributed by atoms with E-state index >= 15 is 0 Å². The number of amides is 1. The summed E-state index contributed by atoms with van der Waals surface area (Å²) in [7, 11) is 1.41. The Morgan fingerprint density at radius 1 is 1.30 bits per heavy atom. The SMILES string of the molecule is CNC(=O)c1ccccc1Oc1nc(SC)ncc1C(F)(F)F. The van der Waals surface area contributed by atoms with E-state index in [-0.39, 0.29) is 16.5 Å². The first-order chi connectivity index (χ1) is 10.9. The van der Waals surface area contributed by atoms with Crippen LogP contribution in [0.1, 0.15) is 15.9 Å². The number of para-hydroxylation sites is 1. The van der Waals surface area contributed by atoms with E-state index in [0.717, 1.165) is 11.8 Å². The quantitative estimate of drug-likeness (QED) is 0.681. The van der Waals surface area contributed by atoms with Crippen LogP contribution in [0.25, 0.3) is 0 Å². The molecule has 0 aliphatic rings. The Bertz CT molecular complexity index is 723.